The van der Waals surface area contributed by atoms with Crippen LogP contribution in [0.3, 0.4) is 0 Å². The second kappa shape index (κ2) is 7.57. The Bertz CT molecular complexity index is 833. The zero-order valence-electron chi connectivity index (χ0n) is 13.6. The van der Waals surface area contributed by atoms with Crippen LogP contribution in [-0.4, -0.2) is 40.4 Å². The molecule has 0 bridgehead atoms. The van der Waals surface area contributed by atoms with Crippen molar-refractivity contribution < 1.29 is 32.5 Å². The number of aliphatic hydroxyl groups excluding tert-OH is 1. The Hall–Kier alpha value is -2.59. The highest BCUT2D eigenvalue weighted by molar-refractivity contribution is 6.31. The molecule has 144 valence electrons. The number of carbonyl (C=O) groups is 1. The maximum absolute atomic E-state index is 13.1. The van der Waals surface area contributed by atoms with Crippen LogP contribution in [0.2, 0.25) is 5.02 Å². The number of nitrogens with zero attached hydrogens (tertiary/aromatic N) is 3. The molecule has 0 aliphatic carbocycles. The molecular weight excluding hydrogens is 391 g/mol. The van der Waals surface area contributed by atoms with Gasteiger partial charge in [-0.1, -0.05) is 17.7 Å². The average Bonchev–Trinajstić information content (AvgIpc) is 3.01. The minimum atomic E-state index is -4.57. The summed E-state index contributed by atoms with van der Waals surface area (Å²) in [7, 11) is 0. The molecule has 2 aromatic rings. The van der Waals surface area contributed by atoms with E-state index in [1.165, 1.54) is 24.5 Å². The molecule has 1 aliphatic rings. The van der Waals surface area contributed by atoms with Crippen molar-refractivity contribution in [1.82, 2.24) is 9.97 Å². The monoisotopic (exact) mass is 403 g/mol. The first-order valence-corrected chi connectivity index (χ1v) is 8.06. The molecule has 1 amide bonds. The topological polar surface area (TPSA) is 84.8 Å². The SMILES string of the molecule is O=C1O[C@H](CO)CN1c1ncc(OCc2c(Cl)cccc2C(F)(F)F)cn1. The van der Waals surface area contributed by atoms with Gasteiger partial charge in [0.05, 0.1) is 31.1 Å². The fourth-order valence-corrected chi connectivity index (χ4v) is 2.66. The van der Waals surface area contributed by atoms with Crippen molar-refractivity contribution in [1.29, 1.82) is 0 Å². The molecular formula is C16H13ClF3N3O4. The van der Waals surface area contributed by atoms with Crippen molar-refractivity contribution >= 4 is 23.6 Å². The smallest absolute Gasteiger partial charge is 0.417 e. The van der Waals surface area contributed by atoms with Crippen molar-refractivity contribution in [2.45, 2.75) is 18.9 Å². The van der Waals surface area contributed by atoms with E-state index in [2.05, 4.69) is 9.97 Å². The van der Waals surface area contributed by atoms with E-state index in [0.29, 0.717) is 0 Å². The number of amides is 1. The molecule has 3 rings (SSSR count). The largest absolute Gasteiger partial charge is 0.486 e. The molecule has 1 N–H and O–H groups in total. The number of hydrogen-bond acceptors (Lipinski definition) is 6. The summed E-state index contributed by atoms with van der Waals surface area (Å²) in [6.45, 7) is -0.678. The van der Waals surface area contributed by atoms with E-state index in [1.807, 2.05) is 0 Å². The summed E-state index contributed by atoms with van der Waals surface area (Å²) >= 11 is 5.87. The van der Waals surface area contributed by atoms with Crippen molar-refractivity contribution in [3.63, 3.8) is 0 Å². The summed E-state index contributed by atoms with van der Waals surface area (Å²) in [6, 6.07) is 3.47. The molecule has 2 heterocycles. The highest BCUT2D eigenvalue weighted by Crippen LogP contribution is 2.35. The molecule has 0 unspecified atom stereocenters. The van der Waals surface area contributed by atoms with Crippen LogP contribution >= 0.6 is 11.6 Å². The molecule has 0 radical (unpaired) electrons. The Labute approximate surface area is 156 Å². The van der Waals surface area contributed by atoms with Crippen LogP contribution < -0.4 is 9.64 Å². The van der Waals surface area contributed by atoms with Crippen molar-refractivity contribution in [3.8, 4) is 5.75 Å². The number of aliphatic hydroxyl groups is 1. The van der Waals surface area contributed by atoms with Gasteiger partial charge in [0.1, 0.15) is 12.7 Å². The summed E-state index contributed by atoms with van der Waals surface area (Å²) in [5, 5.41) is 8.95. The Morgan fingerprint density at radius 3 is 2.63 bits per heavy atom. The van der Waals surface area contributed by atoms with Gasteiger partial charge in [0, 0.05) is 10.6 Å². The van der Waals surface area contributed by atoms with Crippen LogP contribution in [0.15, 0.2) is 30.6 Å². The summed E-state index contributed by atoms with van der Waals surface area (Å²) in [5.74, 6) is 0.120. The van der Waals surface area contributed by atoms with E-state index in [-0.39, 0.29) is 35.4 Å². The summed E-state index contributed by atoms with van der Waals surface area (Å²) in [5.41, 5.74) is -1.09. The standard InChI is InChI=1S/C16H13ClF3N3O4/c17-13-3-1-2-12(16(18,19)20)11(13)8-26-9-4-21-14(22-5-9)23-6-10(7-24)27-15(23)25/h1-5,10,24H,6-8H2/t10-/m0/s1. The maximum atomic E-state index is 13.1. The second-order valence-corrected chi connectivity index (χ2v) is 5.98. The van der Waals surface area contributed by atoms with E-state index in [9.17, 15) is 18.0 Å². The van der Waals surface area contributed by atoms with E-state index >= 15 is 0 Å². The van der Waals surface area contributed by atoms with Crippen LogP contribution in [0.25, 0.3) is 0 Å². The molecule has 1 aromatic heterocycles. The van der Waals surface area contributed by atoms with E-state index in [4.69, 9.17) is 26.2 Å². The van der Waals surface area contributed by atoms with Gasteiger partial charge in [0.25, 0.3) is 0 Å². The van der Waals surface area contributed by atoms with Crippen molar-refractivity contribution in [3.05, 3.63) is 46.7 Å². The highest BCUT2D eigenvalue weighted by Gasteiger charge is 2.35. The van der Waals surface area contributed by atoms with E-state index in [1.54, 1.807) is 0 Å². The number of carbonyl (C=O) groups excluding carboxylic acids is 1. The number of rotatable bonds is 5. The lowest BCUT2D eigenvalue weighted by Gasteiger charge is -2.15. The third-order valence-corrected chi connectivity index (χ3v) is 4.10. The molecule has 0 saturated carbocycles. The Kier molecular flexibility index (Phi) is 5.38. The molecule has 1 aromatic carbocycles. The van der Waals surface area contributed by atoms with Crippen LogP contribution in [-0.2, 0) is 17.5 Å². The zero-order chi connectivity index (χ0) is 19.6. The van der Waals surface area contributed by atoms with Gasteiger partial charge in [-0.15, -0.1) is 0 Å². The van der Waals surface area contributed by atoms with Gasteiger partial charge >= 0.3 is 12.3 Å². The molecule has 1 atom stereocenters. The van der Waals surface area contributed by atoms with Crippen LogP contribution in [0.5, 0.6) is 5.75 Å². The Morgan fingerprint density at radius 1 is 1.33 bits per heavy atom. The quantitative estimate of drug-likeness (QED) is 0.826. The number of halogens is 4. The minimum Gasteiger partial charge on any atom is -0.486 e. The molecule has 11 heteroatoms. The maximum Gasteiger partial charge on any atom is 0.417 e. The molecule has 0 spiro atoms. The van der Waals surface area contributed by atoms with Gasteiger partial charge in [-0.2, -0.15) is 13.2 Å². The van der Waals surface area contributed by atoms with Crippen LogP contribution in [0.4, 0.5) is 23.9 Å². The molecule has 1 fully saturated rings. The third kappa shape index (κ3) is 4.22. The number of cyclic esters (lactones) is 1. The lowest BCUT2D eigenvalue weighted by atomic mass is 10.1. The van der Waals surface area contributed by atoms with Gasteiger partial charge in [-0.05, 0) is 12.1 Å². The number of alkyl halides is 3. The first-order chi connectivity index (χ1) is 12.8. The number of aromatic nitrogens is 2. The minimum absolute atomic E-state index is 0.0250. The average molecular weight is 404 g/mol. The third-order valence-electron chi connectivity index (χ3n) is 3.74. The summed E-state index contributed by atoms with van der Waals surface area (Å²) in [4.78, 5) is 20.7. The number of hydrogen-bond donors (Lipinski definition) is 1. The first kappa shape index (κ1) is 19.2. The first-order valence-electron chi connectivity index (χ1n) is 7.68. The zero-order valence-corrected chi connectivity index (χ0v) is 14.4. The van der Waals surface area contributed by atoms with E-state index in [0.717, 1.165) is 11.0 Å². The van der Waals surface area contributed by atoms with Crippen molar-refractivity contribution in [2.24, 2.45) is 0 Å². The number of benzene rings is 1. The molecule has 7 nitrogen and oxygen atoms in total. The predicted octanol–water partition coefficient (Wildman–Crippen LogP) is 3.05. The van der Waals surface area contributed by atoms with E-state index < -0.39 is 30.5 Å². The number of anilines is 1. The Balaban J connectivity index is 1.71. The lowest BCUT2D eigenvalue weighted by Crippen LogP contribution is -2.27. The number of ether oxygens (including phenoxy) is 2. The van der Waals surface area contributed by atoms with Gasteiger partial charge in [-0.3, -0.25) is 0 Å². The second-order valence-electron chi connectivity index (χ2n) is 5.57. The van der Waals surface area contributed by atoms with Gasteiger partial charge in [0.15, 0.2) is 5.75 Å². The lowest BCUT2D eigenvalue weighted by molar-refractivity contribution is -0.138. The normalized spacial score (nSPS) is 17.1. The summed E-state index contributed by atoms with van der Waals surface area (Å²) < 4.78 is 49.4. The molecule has 1 aliphatic heterocycles. The van der Waals surface area contributed by atoms with Gasteiger partial charge in [-0.25, -0.2) is 19.7 Å². The fourth-order valence-electron chi connectivity index (χ4n) is 2.43. The fraction of sp³-hybridized carbons (Fsp3) is 0.312. The molecule has 1 saturated heterocycles. The van der Waals surface area contributed by atoms with Crippen molar-refractivity contribution in [2.75, 3.05) is 18.1 Å². The summed E-state index contributed by atoms with van der Waals surface area (Å²) in [6.07, 6.45) is -3.51. The van der Waals surface area contributed by atoms with Crippen LogP contribution in [0.1, 0.15) is 11.1 Å². The van der Waals surface area contributed by atoms with Gasteiger partial charge < -0.3 is 14.6 Å². The Morgan fingerprint density at radius 2 is 2.04 bits per heavy atom. The van der Waals surface area contributed by atoms with Gasteiger partial charge in [0.2, 0.25) is 5.95 Å². The molecule has 27 heavy (non-hydrogen) atoms. The predicted molar refractivity (Wildman–Crippen MR) is 87.5 cm³/mol. The highest BCUT2D eigenvalue weighted by atomic mass is 35.5. The van der Waals surface area contributed by atoms with Crippen LogP contribution in [0, 0.1) is 0 Å².